The molecule has 0 saturated carbocycles. The van der Waals surface area contributed by atoms with Crippen LogP contribution < -0.4 is 5.32 Å². The monoisotopic (exact) mass is 332 g/mol. The maximum atomic E-state index is 12.5. The number of nitrogens with one attached hydrogen (secondary N) is 1. The van der Waals surface area contributed by atoms with Gasteiger partial charge in [0.1, 0.15) is 0 Å². The third-order valence-corrected chi connectivity index (χ3v) is 6.03. The molecule has 2 aliphatic rings. The van der Waals surface area contributed by atoms with Crippen molar-refractivity contribution in [2.45, 2.75) is 30.9 Å². The Balaban J connectivity index is 1.53. The van der Waals surface area contributed by atoms with Crippen molar-refractivity contribution in [1.82, 2.24) is 10.2 Å². The molecule has 5 heteroatoms. The van der Waals surface area contributed by atoms with Gasteiger partial charge in [-0.1, -0.05) is 18.2 Å². The molecule has 124 valence electrons. The number of carbonyl (C=O) groups is 2. The lowest BCUT2D eigenvalue weighted by Gasteiger charge is -2.32. The molecule has 1 N–H and O–H groups in total. The van der Waals surface area contributed by atoms with Crippen LogP contribution in [0.25, 0.3) is 0 Å². The van der Waals surface area contributed by atoms with Crippen LogP contribution in [0.15, 0.2) is 30.3 Å². The molecule has 2 saturated heterocycles. The van der Waals surface area contributed by atoms with Crippen molar-refractivity contribution in [3.05, 3.63) is 35.9 Å². The molecule has 23 heavy (non-hydrogen) atoms. The first-order valence-electron chi connectivity index (χ1n) is 8.47. The number of carbonyl (C=O) groups excluding carboxylic acids is 2. The van der Waals surface area contributed by atoms with E-state index in [0.717, 1.165) is 25.9 Å². The Morgan fingerprint density at radius 3 is 2.74 bits per heavy atom. The second kappa shape index (κ2) is 7.86. The highest BCUT2D eigenvalue weighted by Gasteiger charge is 2.29. The van der Waals surface area contributed by atoms with E-state index in [1.165, 1.54) is 18.6 Å². The predicted molar refractivity (Wildman–Crippen MR) is 93.6 cm³/mol. The molecule has 0 spiro atoms. The van der Waals surface area contributed by atoms with Gasteiger partial charge >= 0.3 is 0 Å². The number of benzene rings is 1. The van der Waals surface area contributed by atoms with Crippen molar-refractivity contribution in [1.29, 1.82) is 0 Å². The first-order valence-corrected chi connectivity index (χ1v) is 9.52. The Kier molecular flexibility index (Phi) is 5.60. The standard InChI is InChI=1S/C18H24N2O2S/c21-17(19-12-16-9-5-11-23-16)15-8-4-10-20(13-15)18(22)14-6-2-1-3-7-14/h1-3,6-7,15-16H,4-5,8-13H2,(H,19,21)/t15-,16-/m1/s1. The first kappa shape index (κ1) is 16.4. The maximum absolute atomic E-state index is 12.5. The lowest BCUT2D eigenvalue weighted by molar-refractivity contribution is -0.126. The van der Waals surface area contributed by atoms with Crippen LogP contribution >= 0.6 is 11.8 Å². The summed E-state index contributed by atoms with van der Waals surface area (Å²) in [4.78, 5) is 26.8. The second-order valence-electron chi connectivity index (χ2n) is 6.34. The highest BCUT2D eigenvalue weighted by Crippen LogP contribution is 2.25. The van der Waals surface area contributed by atoms with E-state index in [9.17, 15) is 9.59 Å². The van der Waals surface area contributed by atoms with E-state index in [1.54, 1.807) is 0 Å². The number of thioether (sulfide) groups is 1. The highest BCUT2D eigenvalue weighted by molar-refractivity contribution is 8.00. The van der Waals surface area contributed by atoms with E-state index >= 15 is 0 Å². The largest absolute Gasteiger partial charge is 0.355 e. The summed E-state index contributed by atoms with van der Waals surface area (Å²) >= 11 is 1.95. The minimum absolute atomic E-state index is 0.0365. The summed E-state index contributed by atoms with van der Waals surface area (Å²) in [7, 11) is 0. The molecule has 2 fully saturated rings. The molecule has 0 aromatic heterocycles. The van der Waals surface area contributed by atoms with E-state index < -0.39 is 0 Å². The molecule has 4 nitrogen and oxygen atoms in total. The summed E-state index contributed by atoms with van der Waals surface area (Å²) < 4.78 is 0. The molecule has 2 amide bonds. The molecule has 0 bridgehead atoms. The van der Waals surface area contributed by atoms with Gasteiger partial charge in [0.05, 0.1) is 5.92 Å². The predicted octanol–water partition coefficient (Wildman–Crippen LogP) is 2.55. The molecule has 1 aromatic carbocycles. The van der Waals surface area contributed by atoms with Crippen LogP contribution in [-0.4, -0.2) is 47.4 Å². The highest BCUT2D eigenvalue weighted by atomic mass is 32.2. The molecule has 3 rings (SSSR count). The van der Waals surface area contributed by atoms with Gasteiger partial charge in [-0.15, -0.1) is 0 Å². The molecule has 2 atom stereocenters. The van der Waals surface area contributed by atoms with Gasteiger partial charge in [-0.25, -0.2) is 0 Å². The second-order valence-corrected chi connectivity index (χ2v) is 7.74. The maximum Gasteiger partial charge on any atom is 0.253 e. The van der Waals surface area contributed by atoms with Crippen molar-refractivity contribution < 1.29 is 9.59 Å². The number of likely N-dealkylation sites (tertiary alicyclic amines) is 1. The van der Waals surface area contributed by atoms with Crippen LogP contribution in [0.2, 0.25) is 0 Å². The van der Waals surface area contributed by atoms with Crippen LogP contribution in [0.4, 0.5) is 0 Å². The Morgan fingerprint density at radius 1 is 1.17 bits per heavy atom. The molecular weight excluding hydrogens is 308 g/mol. The minimum atomic E-state index is -0.0668. The summed E-state index contributed by atoms with van der Waals surface area (Å²) in [5.74, 6) is 1.30. The van der Waals surface area contributed by atoms with Crippen LogP contribution in [0.1, 0.15) is 36.0 Å². The molecule has 2 aliphatic heterocycles. The molecule has 0 aliphatic carbocycles. The zero-order chi connectivity index (χ0) is 16.1. The van der Waals surface area contributed by atoms with E-state index in [1.807, 2.05) is 47.0 Å². The van der Waals surface area contributed by atoms with Gasteiger partial charge in [0, 0.05) is 30.4 Å². The Labute approximate surface area is 142 Å². The molecular formula is C18H24N2O2S. The number of nitrogens with zero attached hydrogens (tertiary/aromatic N) is 1. The average molecular weight is 332 g/mol. The third-order valence-electron chi connectivity index (χ3n) is 4.63. The average Bonchev–Trinajstić information content (AvgIpc) is 3.13. The Morgan fingerprint density at radius 2 is 2.00 bits per heavy atom. The smallest absolute Gasteiger partial charge is 0.253 e. The normalized spacial score (nSPS) is 24.4. The Bertz CT molecular complexity index is 543. The van der Waals surface area contributed by atoms with Crippen molar-refractivity contribution in [3.8, 4) is 0 Å². The van der Waals surface area contributed by atoms with Gasteiger partial charge in [0.15, 0.2) is 0 Å². The van der Waals surface area contributed by atoms with Crippen LogP contribution in [0.5, 0.6) is 0 Å². The Hall–Kier alpha value is -1.49. The minimum Gasteiger partial charge on any atom is -0.355 e. The summed E-state index contributed by atoms with van der Waals surface area (Å²) in [5.41, 5.74) is 0.705. The van der Waals surface area contributed by atoms with E-state index in [2.05, 4.69) is 5.32 Å². The quantitative estimate of drug-likeness (QED) is 0.922. The van der Waals surface area contributed by atoms with E-state index in [0.29, 0.717) is 17.4 Å². The number of amides is 2. The lowest BCUT2D eigenvalue weighted by Crippen LogP contribution is -2.46. The topological polar surface area (TPSA) is 49.4 Å². The zero-order valence-corrected chi connectivity index (χ0v) is 14.2. The fourth-order valence-electron chi connectivity index (χ4n) is 3.30. The third kappa shape index (κ3) is 4.28. The lowest BCUT2D eigenvalue weighted by atomic mass is 9.96. The van der Waals surface area contributed by atoms with Gasteiger partial charge in [-0.3, -0.25) is 9.59 Å². The van der Waals surface area contributed by atoms with Crippen molar-refractivity contribution in [2.24, 2.45) is 5.92 Å². The van der Waals surface area contributed by atoms with Crippen LogP contribution in [0.3, 0.4) is 0 Å². The van der Waals surface area contributed by atoms with E-state index in [-0.39, 0.29) is 17.7 Å². The van der Waals surface area contributed by atoms with Crippen LogP contribution in [0, 0.1) is 5.92 Å². The fraction of sp³-hybridized carbons (Fsp3) is 0.556. The molecule has 0 radical (unpaired) electrons. The van der Waals surface area contributed by atoms with Crippen molar-refractivity contribution in [3.63, 3.8) is 0 Å². The van der Waals surface area contributed by atoms with Gasteiger partial charge in [0.2, 0.25) is 5.91 Å². The van der Waals surface area contributed by atoms with Gasteiger partial charge in [0.25, 0.3) is 5.91 Å². The summed E-state index contributed by atoms with van der Waals surface area (Å²) in [6.07, 6.45) is 4.24. The summed E-state index contributed by atoms with van der Waals surface area (Å²) in [6, 6.07) is 9.33. The van der Waals surface area contributed by atoms with Crippen LogP contribution in [-0.2, 0) is 4.79 Å². The van der Waals surface area contributed by atoms with Gasteiger partial charge in [-0.2, -0.15) is 11.8 Å². The number of piperidine rings is 1. The zero-order valence-electron chi connectivity index (χ0n) is 13.4. The number of rotatable bonds is 4. The summed E-state index contributed by atoms with van der Waals surface area (Å²) in [6.45, 7) is 2.06. The van der Waals surface area contributed by atoms with E-state index in [4.69, 9.17) is 0 Å². The number of hydrogen-bond acceptors (Lipinski definition) is 3. The molecule has 1 aromatic rings. The van der Waals surface area contributed by atoms with Crippen molar-refractivity contribution >= 4 is 23.6 Å². The fourth-order valence-corrected chi connectivity index (χ4v) is 4.50. The van der Waals surface area contributed by atoms with Crippen molar-refractivity contribution in [2.75, 3.05) is 25.4 Å². The molecule has 2 heterocycles. The first-order chi connectivity index (χ1) is 11.2. The van der Waals surface area contributed by atoms with Gasteiger partial charge in [-0.05, 0) is 43.6 Å². The summed E-state index contributed by atoms with van der Waals surface area (Å²) in [5, 5.41) is 3.67. The number of hydrogen-bond donors (Lipinski definition) is 1. The SMILES string of the molecule is O=C(NC[C@H]1CCCS1)[C@@H]1CCCN(C(=O)c2ccccc2)C1. The molecule has 0 unspecified atom stereocenters. The van der Waals surface area contributed by atoms with Gasteiger partial charge < -0.3 is 10.2 Å².